The third kappa shape index (κ3) is 4.90. The number of hydrogen-bond donors (Lipinski definition) is 1. The lowest BCUT2D eigenvalue weighted by Gasteiger charge is -2.31. The van der Waals surface area contributed by atoms with E-state index in [4.69, 9.17) is 10.5 Å². The molecule has 2 aromatic carbocycles. The number of ether oxygens (including phenoxy) is 1. The summed E-state index contributed by atoms with van der Waals surface area (Å²) in [6.07, 6.45) is -9.81. The van der Waals surface area contributed by atoms with Crippen LogP contribution in [0.15, 0.2) is 61.2 Å². The van der Waals surface area contributed by atoms with Crippen molar-refractivity contribution in [3.8, 4) is 0 Å². The van der Waals surface area contributed by atoms with Crippen LogP contribution >= 0.6 is 0 Å². The van der Waals surface area contributed by atoms with Crippen molar-refractivity contribution in [2.45, 2.75) is 31.1 Å². The van der Waals surface area contributed by atoms with E-state index in [1.807, 2.05) is 0 Å². The van der Waals surface area contributed by atoms with E-state index in [9.17, 15) is 26.3 Å². The van der Waals surface area contributed by atoms with Gasteiger partial charge in [0.2, 0.25) is 0 Å². The predicted molar refractivity (Wildman–Crippen MR) is 88.5 cm³/mol. The van der Waals surface area contributed by atoms with E-state index in [1.54, 1.807) is 30.3 Å². The van der Waals surface area contributed by atoms with Gasteiger partial charge in [-0.2, -0.15) is 26.3 Å². The van der Waals surface area contributed by atoms with Crippen LogP contribution in [0.4, 0.5) is 26.3 Å². The summed E-state index contributed by atoms with van der Waals surface area (Å²) in [4.78, 5) is 0. The average molecular weight is 389 g/mol. The smallest absolute Gasteiger partial charge is 0.345 e. The molecule has 0 saturated carbocycles. The first kappa shape index (κ1) is 21.0. The molecule has 0 bridgehead atoms. The molecule has 0 radical (unpaired) electrons. The normalized spacial score (nSPS) is 15.9. The molecule has 27 heavy (non-hydrogen) atoms. The second kappa shape index (κ2) is 7.36. The van der Waals surface area contributed by atoms with E-state index >= 15 is 0 Å². The number of alkyl halides is 6. The number of halogens is 6. The Morgan fingerprint density at radius 3 is 1.78 bits per heavy atom. The summed E-state index contributed by atoms with van der Waals surface area (Å²) in [6.45, 7) is 4.88. The molecule has 0 aliphatic carbocycles. The van der Waals surface area contributed by atoms with Gasteiger partial charge in [-0.1, -0.05) is 36.9 Å². The minimum Gasteiger partial charge on any atom is -0.345 e. The maximum absolute atomic E-state index is 13.0. The molecule has 0 amide bonds. The number of hydrogen-bond acceptors (Lipinski definition) is 2. The molecule has 0 aromatic heterocycles. The van der Waals surface area contributed by atoms with Gasteiger partial charge in [0.05, 0.1) is 17.2 Å². The van der Waals surface area contributed by atoms with Gasteiger partial charge in [-0.15, -0.1) is 0 Å². The van der Waals surface area contributed by atoms with Crippen LogP contribution in [0.2, 0.25) is 0 Å². The Bertz CT molecular complexity index is 768. The zero-order valence-electron chi connectivity index (χ0n) is 14.2. The third-order valence-electron chi connectivity index (χ3n) is 3.98. The molecule has 0 fully saturated rings. The molecule has 0 saturated heterocycles. The predicted octanol–water partition coefficient (Wildman–Crippen LogP) is 5.80. The van der Waals surface area contributed by atoms with Crippen LogP contribution < -0.4 is 5.73 Å². The topological polar surface area (TPSA) is 35.2 Å². The van der Waals surface area contributed by atoms with Gasteiger partial charge in [0, 0.05) is 5.56 Å². The summed E-state index contributed by atoms with van der Waals surface area (Å²) in [5, 5.41) is 0. The van der Waals surface area contributed by atoms with Gasteiger partial charge in [0.1, 0.15) is 0 Å². The summed E-state index contributed by atoms with van der Waals surface area (Å²) < 4.78 is 83.7. The molecule has 0 aliphatic rings. The van der Waals surface area contributed by atoms with Gasteiger partial charge in [0.25, 0.3) is 0 Å². The molecule has 2 atom stereocenters. The molecule has 2 aromatic rings. The molecule has 146 valence electrons. The van der Waals surface area contributed by atoms with Crippen molar-refractivity contribution in [1.29, 1.82) is 0 Å². The van der Waals surface area contributed by atoms with Gasteiger partial charge in [-0.05, 0) is 36.8 Å². The average Bonchev–Trinajstić information content (AvgIpc) is 2.60. The number of rotatable bonds is 5. The van der Waals surface area contributed by atoms with Crippen LogP contribution in [0.1, 0.15) is 35.3 Å². The third-order valence-corrected chi connectivity index (χ3v) is 3.98. The van der Waals surface area contributed by atoms with E-state index in [2.05, 4.69) is 6.58 Å². The van der Waals surface area contributed by atoms with E-state index in [0.29, 0.717) is 17.7 Å². The minimum atomic E-state index is -4.94. The van der Waals surface area contributed by atoms with Crippen molar-refractivity contribution in [2.75, 3.05) is 0 Å². The Balaban J connectivity index is 2.45. The van der Waals surface area contributed by atoms with E-state index < -0.39 is 35.3 Å². The highest BCUT2D eigenvalue weighted by atomic mass is 19.4. The van der Waals surface area contributed by atoms with Crippen molar-refractivity contribution in [2.24, 2.45) is 5.73 Å². The zero-order chi connectivity index (χ0) is 20.5. The fraction of sp³-hybridized carbons (Fsp3) is 0.263. The van der Waals surface area contributed by atoms with Crippen molar-refractivity contribution in [3.05, 3.63) is 83.4 Å². The lowest BCUT2D eigenvalue weighted by molar-refractivity contribution is -0.143. The summed E-state index contributed by atoms with van der Waals surface area (Å²) >= 11 is 0. The molecular formula is C19H17F6NO. The quantitative estimate of drug-likeness (QED) is 0.399. The van der Waals surface area contributed by atoms with Gasteiger partial charge in [-0.3, -0.25) is 5.73 Å². The second-order valence-corrected chi connectivity index (χ2v) is 5.96. The largest absolute Gasteiger partial charge is 0.416 e. The van der Waals surface area contributed by atoms with Gasteiger partial charge >= 0.3 is 12.4 Å². The molecule has 2 nitrogen and oxygen atoms in total. The van der Waals surface area contributed by atoms with Crippen LogP contribution in [0.5, 0.6) is 0 Å². The Morgan fingerprint density at radius 1 is 0.889 bits per heavy atom. The van der Waals surface area contributed by atoms with Crippen molar-refractivity contribution in [3.63, 3.8) is 0 Å². The van der Waals surface area contributed by atoms with Crippen molar-refractivity contribution >= 4 is 0 Å². The number of nitrogens with two attached hydrogens (primary N) is 1. The Morgan fingerprint density at radius 2 is 1.37 bits per heavy atom. The zero-order valence-corrected chi connectivity index (χ0v) is 14.2. The molecule has 2 rings (SSSR count). The molecular weight excluding hydrogens is 372 g/mol. The SMILES string of the molecule is C=C[C@@](N)(O[C@H](C)c1cc(C(F)(F)F)cc(C(F)(F)F)c1)c1ccccc1. The van der Waals surface area contributed by atoms with Crippen LogP contribution in [-0.2, 0) is 22.8 Å². The minimum absolute atomic E-state index is 0.0661. The highest BCUT2D eigenvalue weighted by molar-refractivity contribution is 5.35. The van der Waals surface area contributed by atoms with E-state index in [0.717, 1.165) is 0 Å². The molecule has 0 heterocycles. The van der Waals surface area contributed by atoms with Gasteiger partial charge < -0.3 is 4.74 Å². The standard InChI is InChI=1S/C19H17F6NO/c1-3-17(26,14-7-5-4-6-8-14)27-12(2)13-9-15(18(20,21)22)11-16(10-13)19(23,24)25/h3-12H,1,26H2,2H3/t12-,17-/m1/s1. The van der Waals surface area contributed by atoms with Gasteiger partial charge in [0.15, 0.2) is 5.72 Å². The lowest BCUT2D eigenvalue weighted by atomic mass is 10.00. The molecule has 8 heteroatoms. The van der Waals surface area contributed by atoms with E-state index in [-0.39, 0.29) is 11.6 Å². The summed E-state index contributed by atoms with van der Waals surface area (Å²) in [7, 11) is 0. The van der Waals surface area contributed by atoms with Crippen LogP contribution in [0.25, 0.3) is 0 Å². The van der Waals surface area contributed by atoms with Crippen LogP contribution in [-0.4, -0.2) is 0 Å². The van der Waals surface area contributed by atoms with E-state index in [1.165, 1.54) is 13.0 Å². The fourth-order valence-electron chi connectivity index (χ4n) is 2.51. The number of benzene rings is 2. The Kier molecular flexibility index (Phi) is 5.72. The van der Waals surface area contributed by atoms with Crippen LogP contribution in [0.3, 0.4) is 0 Å². The molecule has 0 unspecified atom stereocenters. The first-order valence-corrected chi connectivity index (χ1v) is 7.82. The summed E-state index contributed by atoms with van der Waals surface area (Å²) in [6, 6.07) is 9.59. The monoisotopic (exact) mass is 389 g/mol. The second-order valence-electron chi connectivity index (χ2n) is 5.96. The van der Waals surface area contributed by atoms with Crippen LogP contribution in [0, 0.1) is 0 Å². The molecule has 0 spiro atoms. The van der Waals surface area contributed by atoms with Gasteiger partial charge in [-0.25, -0.2) is 0 Å². The van der Waals surface area contributed by atoms with Crippen molar-refractivity contribution in [1.82, 2.24) is 0 Å². The summed E-state index contributed by atoms with van der Waals surface area (Å²) in [5.41, 5.74) is 1.86. The Labute approximate surface area is 152 Å². The first-order chi connectivity index (χ1) is 12.4. The highest BCUT2D eigenvalue weighted by Gasteiger charge is 2.38. The maximum atomic E-state index is 13.0. The summed E-state index contributed by atoms with van der Waals surface area (Å²) in [5.74, 6) is 0. The van der Waals surface area contributed by atoms with Crippen molar-refractivity contribution < 1.29 is 31.1 Å². The lowest BCUT2D eigenvalue weighted by Crippen LogP contribution is -2.38. The first-order valence-electron chi connectivity index (χ1n) is 7.82. The molecule has 0 aliphatic heterocycles. The Hall–Kier alpha value is -2.32. The maximum Gasteiger partial charge on any atom is 0.416 e. The highest BCUT2D eigenvalue weighted by Crippen LogP contribution is 2.39. The molecule has 2 N–H and O–H groups in total. The fourth-order valence-corrected chi connectivity index (χ4v) is 2.51.